The Hall–Kier alpha value is -0.810. The molecule has 1 saturated carbocycles. The number of nitrogens with zero attached hydrogens (tertiary/aromatic N) is 3. The summed E-state index contributed by atoms with van der Waals surface area (Å²) in [4.78, 5) is 10.0. The Morgan fingerprint density at radius 3 is 2.50 bits per heavy atom. The molecule has 3 saturated heterocycles. The smallest absolute Gasteiger partial charge is 0.191 e. The minimum atomic E-state index is 0.622. The predicted molar refractivity (Wildman–Crippen MR) is 83.2 cm³/mol. The van der Waals surface area contributed by atoms with Gasteiger partial charge in [-0.1, -0.05) is 12.8 Å². The third-order valence-electron chi connectivity index (χ3n) is 4.89. The van der Waals surface area contributed by atoms with Crippen LogP contribution in [0.2, 0.25) is 0 Å². The van der Waals surface area contributed by atoms with Crippen LogP contribution in [-0.2, 0) is 0 Å². The molecule has 3 heterocycles. The Bertz CT molecular complexity index is 329. The van der Waals surface area contributed by atoms with Gasteiger partial charge in [-0.25, -0.2) is 0 Å². The van der Waals surface area contributed by atoms with E-state index in [-0.39, 0.29) is 0 Å². The molecule has 4 rings (SSSR count). The van der Waals surface area contributed by atoms with Crippen molar-refractivity contribution < 1.29 is 0 Å². The van der Waals surface area contributed by atoms with E-state index in [2.05, 4.69) is 27.4 Å². The van der Waals surface area contributed by atoms with Crippen molar-refractivity contribution in [1.82, 2.24) is 20.4 Å². The average Bonchev–Trinajstić information content (AvgIpc) is 2.99. The number of piperazine rings is 3. The quantitative estimate of drug-likeness (QED) is 0.580. The number of rotatable bonds is 4. The monoisotopic (exact) mass is 279 g/mol. The van der Waals surface area contributed by atoms with Crippen LogP contribution in [0, 0.1) is 0 Å². The highest BCUT2D eigenvalue weighted by Crippen LogP contribution is 2.18. The fraction of sp³-hybridized carbons (Fsp3) is 0.933. The highest BCUT2D eigenvalue weighted by Gasteiger charge is 2.31. The van der Waals surface area contributed by atoms with E-state index in [1.807, 2.05) is 0 Å². The van der Waals surface area contributed by atoms with Crippen molar-refractivity contribution >= 4 is 5.96 Å². The molecule has 1 aliphatic carbocycles. The van der Waals surface area contributed by atoms with E-state index in [1.165, 1.54) is 58.4 Å². The summed E-state index contributed by atoms with van der Waals surface area (Å²) in [5.74, 6) is 1.03. The maximum Gasteiger partial charge on any atom is 0.191 e. The van der Waals surface area contributed by atoms with E-state index in [0.29, 0.717) is 12.1 Å². The van der Waals surface area contributed by atoms with E-state index in [9.17, 15) is 0 Å². The van der Waals surface area contributed by atoms with Gasteiger partial charge in [0.2, 0.25) is 0 Å². The number of aliphatic imine (C=N–C) groups is 1. The zero-order valence-corrected chi connectivity index (χ0v) is 12.8. The first-order chi connectivity index (χ1) is 9.85. The summed E-state index contributed by atoms with van der Waals surface area (Å²) in [6, 6.07) is 1.26. The highest BCUT2D eigenvalue weighted by atomic mass is 15.3. The molecule has 0 radical (unpaired) electrons. The molecule has 2 N–H and O–H groups in total. The van der Waals surface area contributed by atoms with Gasteiger partial charge in [-0.05, 0) is 19.8 Å². The molecule has 0 amide bonds. The van der Waals surface area contributed by atoms with Gasteiger partial charge in [0, 0.05) is 51.4 Å². The van der Waals surface area contributed by atoms with Crippen molar-refractivity contribution in [3.05, 3.63) is 0 Å². The van der Waals surface area contributed by atoms with Crippen LogP contribution < -0.4 is 10.6 Å². The molecular formula is C15H29N5. The summed E-state index contributed by atoms with van der Waals surface area (Å²) in [5, 5.41) is 7.01. The van der Waals surface area contributed by atoms with Crippen LogP contribution in [0.3, 0.4) is 0 Å². The van der Waals surface area contributed by atoms with Crippen molar-refractivity contribution in [2.75, 3.05) is 45.8 Å². The summed E-state index contributed by atoms with van der Waals surface area (Å²) in [7, 11) is 0. The Morgan fingerprint density at radius 1 is 1.15 bits per heavy atom. The SMILES string of the molecule is CCNC(=NCC1CN2CCN1CC2)NC1CCCC1. The standard InChI is InChI=1S/C15H29N5/c1-2-16-15(18-13-5-3-4-6-13)17-11-14-12-19-7-9-20(14)10-8-19/h13-14H,2-12H2,1H3,(H2,16,17,18). The normalized spacial score (nSPS) is 34.5. The summed E-state index contributed by atoms with van der Waals surface area (Å²) in [6.07, 6.45) is 5.33. The van der Waals surface area contributed by atoms with Gasteiger partial charge in [0.15, 0.2) is 5.96 Å². The van der Waals surface area contributed by atoms with Crippen molar-refractivity contribution in [3.8, 4) is 0 Å². The lowest BCUT2D eigenvalue weighted by Gasteiger charge is -2.47. The first-order valence-electron chi connectivity index (χ1n) is 8.36. The first-order valence-corrected chi connectivity index (χ1v) is 8.36. The van der Waals surface area contributed by atoms with E-state index in [1.54, 1.807) is 0 Å². The molecule has 3 aliphatic heterocycles. The Labute approximate surface area is 122 Å². The number of hydrogen-bond acceptors (Lipinski definition) is 3. The maximum absolute atomic E-state index is 4.85. The fourth-order valence-corrected chi connectivity index (χ4v) is 3.68. The van der Waals surface area contributed by atoms with Gasteiger partial charge in [-0.2, -0.15) is 0 Å². The van der Waals surface area contributed by atoms with E-state index < -0.39 is 0 Å². The second kappa shape index (κ2) is 6.76. The Morgan fingerprint density at radius 2 is 1.90 bits per heavy atom. The van der Waals surface area contributed by atoms with Crippen molar-refractivity contribution in [2.24, 2.45) is 4.99 Å². The van der Waals surface area contributed by atoms with Crippen LogP contribution in [0.5, 0.6) is 0 Å². The molecule has 114 valence electrons. The number of nitrogens with one attached hydrogen (secondary N) is 2. The van der Waals surface area contributed by atoms with Gasteiger partial charge < -0.3 is 10.6 Å². The molecule has 0 aromatic rings. The number of fused-ring (bicyclic) bond motifs is 3. The maximum atomic E-state index is 4.85. The number of hydrogen-bond donors (Lipinski definition) is 2. The zero-order valence-electron chi connectivity index (χ0n) is 12.8. The van der Waals surface area contributed by atoms with Crippen LogP contribution in [-0.4, -0.2) is 73.7 Å². The zero-order chi connectivity index (χ0) is 13.8. The van der Waals surface area contributed by atoms with Gasteiger partial charge in [0.1, 0.15) is 0 Å². The largest absolute Gasteiger partial charge is 0.357 e. The van der Waals surface area contributed by atoms with Crippen LogP contribution in [0.1, 0.15) is 32.6 Å². The lowest BCUT2D eigenvalue weighted by atomic mass is 10.1. The second-order valence-electron chi connectivity index (χ2n) is 6.34. The first kappa shape index (κ1) is 14.1. The van der Waals surface area contributed by atoms with Crippen LogP contribution in [0.15, 0.2) is 4.99 Å². The van der Waals surface area contributed by atoms with E-state index >= 15 is 0 Å². The molecule has 0 aromatic carbocycles. The molecule has 0 aromatic heterocycles. The Kier molecular flexibility index (Phi) is 4.78. The van der Waals surface area contributed by atoms with Crippen molar-refractivity contribution in [2.45, 2.75) is 44.7 Å². The second-order valence-corrected chi connectivity index (χ2v) is 6.34. The van der Waals surface area contributed by atoms with Gasteiger partial charge in [0.25, 0.3) is 0 Å². The van der Waals surface area contributed by atoms with Crippen molar-refractivity contribution in [1.29, 1.82) is 0 Å². The van der Waals surface area contributed by atoms with Gasteiger partial charge in [-0.15, -0.1) is 0 Å². The summed E-state index contributed by atoms with van der Waals surface area (Å²) >= 11 is 0. The third-order valence-corrected chi connectivity index (χ3v) is 4.89. The summed E-state index contributed by atoms with van der Waals surface area (Å²) in [6.45, 7) is 10.2. The minimum absolute atomic E-state index is 0.622. The molecule has 5 heteroatoms. The van der Waals surface area contributed by atoms with E-state index in [0.717, 1.165) is 19.0 Å². The molecule has 4 aliphatic rings. The molecular weight excluding hydrogens is 250 g/mol. The molecule has 1 atom stereocenters. The average molecular weight is 279 g/mol. The fourth-order valence-electron chi connectivity index (χ4n) is 3.68. The molecule has 1 unspecified atom stereocenters. The number of guanidine groups is 1. The molecule has 2 bridgehead atoms. The molecule has 20 heavy (non-hydrogen) atoms. The van der Waals surface area contributed by atoms with Crippen LogP contribution in [0.4, 0.5) is 0 Å². The summed E-state index contributed by atoms with van der Waals surface area (Å²) < 4.78 is 0. The van der Waals surface area contributed by atoms with E-state index in [4.69, 9.17) is 4.99 Å². The van der Waals surface area contributed by atoms with Crippen LogP contribution >= 0.6 is 0 Å². The van der Waals surface area contributed by atoms with Gasteiger partial charge in [0.05, 0.1) is 6.54 Å². The Balaban J connectivity index is 1.53. The van der Waals surface area contributed by atoms with Gasteiger partial charge >= 0.3 is 0 Å². The lowest BCUT2D eigenvalue weighted by molar-refractivity contribution is 0.0174. The lowest BCUT2D eigenvalue weighted by Crippen LogP contribution is -2.62. The van der Waals surface area contributed by atoms with Crippen molar-refractivity contribution in [3.63, 3.8) is 0 Å². The minimum Gasteiger partial charge on any atom is -0.357 e. The molecule has 0 spiro atoms. The van der Waals surface area contributed by atoms with Crippen LogP contribution in [0.25, 0.3) is 0 Å². The molecule has 4 fully saturated rings. The molecule has 5 nitrogen and oxygen atoms in total. The van der Waals surface area contributed by atoms with Gasteiger partial charge in [-0.3, -0.25) is 14.8 Å². The topological polar surface area (TPSA) is 42.9 Å². The predicted octanol–water partition coefficient (Wildman–Crippen LogP) is 0.484. The summed E-state index contributed by atoms with van der Waals surface area (Å²) in [5.41, 5.74) is 0. The highest BCUT2D eigenvalue weighted by molar-refractivity contribution is 5.80. The third kappa shape index (κ3) is 3.44.